The zero-order chi connectivity index (χ0) is 10.5. The zero-order valence-corrected chi connectivity index (χ0v) is 9.04. The molecule has 1 aliphatic rings. The molecular formula is C14H17O. The molecule has 1 heteroatoms. The van der Waals surface area contributed by atoms with Crippen LogP contribution in [-0.2, 0) is 6.42 Å². The molecule has 1 nitrogen and oxygen atoms in total. The summed E-state index contributed by atoms with van der Waals surface area (Å²) in [5, 5.41) is 0. The fourth-order valence-electron chi connectivity index (χ4n) is 1.83. The Morgan fingerprint density at radius 2 is 2.20 bits per heavy atom. The summed E-state index contributed by atoms with van der Waals surface area (Å²) in [6.07, 6.45) is 8.83. The predicted octanol–water partition coefficient (Wildman–Crippen LogP) is 3.64. The lowest BCUT2D eigenvalue weighted by atomic mass is 10.0. The van der Waals surface area contributed by atoms with Gasteiger partial charge >= 0.3 is 0 Å². The molecule has 0 atom stereocenters. The van der Waals surface area contributed by atoms with E-state index >= 15 is 0 Å². The number of aryl methyl sites for hydroxylation is 1. The second-order valence-electron chi connectivity index (χ2n) is 3.90. The Labute approximate surface area is 91.8 Å². The van der Waals surface area contributed by atoms with Gasteiger partial charge in [-0.05, 0) is 36.6 Å². The van der Waals surface area contributed by atoms with Gasteiger partial charge in [0.2, 0.25) is 0 Å². The molecule has 1 aliphatic heterocycles. The first kappa shape index (κ1) is 10.3. The van der Waals surface area contributed by atoms with Gasteiger partial charge in [-0.1, -0.05) is 31.9 Å². The maximum Gasteiger partial charge on any atom is 0.127 e. The molecule has 0 bridgehead atoms. The summed E-state index contributed by atoms with van der Waals surface area (Å²) in [6.45, 7) is 4.56. The monoisotopic (exact) mass is 201 g/mol. The van der Waals surface area contributed by atoms with Gasteiger partial charge < -0.3 is 4.74 Å². The van der Waals surface area contributed by atoms with Crippen molar-refractivity contribution in [2.75, 3.05) is 6.61 Å². The van der Waals surface area contributed by atoms with Crippen LogP contribution in [0, 0.1) is 6.92 Å². The largest absolute Gasteiger partial charge is 0.489 e. The van der Waals surface area contributed by atoms with Crippen molar-refractivity contribution in [3.8, 4) is 5.75 Å². The molecule has 0 N–H and O–H groups in total. The molecule has 0 saturated heterocycles. The number of unbranched alkanes of at least 4 members (excludes halogenated alkanes) is 2. The first-order chi connectivity index (χ1) is 7.40. The van der Waals surface area contributed by atoms with E-state index in [-0.39, 0.29) is 0 Å². The van der Waals surface area contributed by atoms with E-state index in [4.69, 9.17) is 4.74 Å². The average molecular weight is 201 g/mol. The van der Waals surface area contributed by atoms with Gasteiger partial charge in [-0.25, -0.2) is 0 Å². The van der Waals surface area contributed by atoms with Gasteiger partial charge in [0.25, 0.3) is 0 Å². The van der Waals surface area contributed by atoms with Gasteiger partial charge in [0.15, 0.2) is 0 Å². The highest BCUT2D eigenvalue weighted by Gasteiger charge is 2.05. The smallest absolute Gasteiger partial charge is 0.127 e. The molecule has 0 aromatic heterocycles. The minimum Gasteiger partial charge on any atom is -0.489 e. The molecule has 1 aromatic carbocycles. The number of hydrogen-bond acceptors (Lipinski definition) is 1. The Balaban J connectivity index is 2.05. The van der Waals surface area contributed by atoms with E-state index in [1.165, 1.54) is 24.0 Å². The Hall–Kier alpha value is -1.24. The minimum atomic E-state index is 0.702. The number of fused-ring (bicyclic) bond motifs is 1. The van der Waals surface area contributed by atoms with E-state index in [1.54, 1.807) is 0 Å². The lowest BCUT2D eigenvalue weighted by Gasteiger charge is -2.13. The van der Waals surface area contributed by atoms with Gasteiger partial charge in [0.05, 0.1) is 0 Å². The molecule has 0 aliphatic carbocycles. The quantitative estimate of drug-likeness (QED) is 0.676. The fourth-order valence-corrected chi connectivity index (χ4v) is 1.83. The normalized spacial score (nSPS) is 13.4. The summed E-state index contributed by atoms with van der Waals surface area (Å²) >= 11 is 0. The van der Waals surface area contributed by atoms with Crippen LogP contribution in [0.4, 0.5) is 0 Å². The van der Waals surface area contributed by atoms with E-state index in [2.05, 4.69) is 37.3 Å². The lowest BCUT2D eigenvalue weighted by molar-refractivity contribution is 0.358. The Morgan fingerprint density at radius 1 is 1.27 bits per heavy atom. The fraction of sp³-hybridized carbons (Fsp3) is 0.357. The number of hydrogen-bond donors (Lipinski definition) is 0. The summed E-state index contributed by atoms with van der Waals surface area (Å²) in [6, 6.07) is 6.48. The van der Waals surface area contributed by atoms with E-state index < -0.39 is 0 Å². The van der Waals surface area contributed by atoms with Crippen LogP contribution in [0.3, 0.4) is 0 Å². The maximum absolute atomic E-state index is 5.51. The standard InChI is InChI=1S/C14H17O/c1-2-3-4-6-12-8-9-14-13(11-12)7-5-10-15-14/h5,7-9,11H,1-4,6,10H2. The van der Waals surface area contributed by atoms with E-state index in [0.717, 1.165) is 18.6 Å². The van der Waals surface area contributed by atoms with Crippen LogP contribution in [0.2, 0.25) is 0 Å². The molecule has 79 valence electrons. The number of rotatable bonds is 4. The third-order valence-electron chi connectivity index (χ3n) is 2.67. The summed E-state index contributed by atoms with van der Waals surface area (Å²) in [7, 11) is 0. The Bertz CT molecular complexity index is 352. The van der Waals surface area contributed by atoms with Crippen LogP contribution in [0.1, 0.15) is 30.4 Å². The van der Waals surface area contributed by atoms with Crippen molar-refractivity contribution in [1.82, 2.24) is 0 Å². The van der Waals surface area contributed by atoms with Crippen LogP contribution < -0.4 is 4.74 Å². The topological polar surface area (TPSA) is 9.23 Å². The molecule has 1 radical (unpaired) electrons. The molecule has 0 unspecified atom stereocenters. The van der Waals surface area contributed by atoms with E-state index in [9.17, 15) is 0 Å². The van der Waals surface area contributed by atoms with Crippen LogP contribution >= 0.6 is 0 Å². The molecule has 1 aromatic rings. The molecular weight excluding hydrogens is 184 g/mol. The summed E-state index contributed by atoms with van der Waals surface area (Å²) in [4.78, 5) is 0. The lowest BCUT2D eigenvalue weighted by Crippen LogP contribution is -2.00. The molecule has 15 heavy (non-hydrogen) atoms. The van der Waals surface area contributed by atoms with Gasteiger partial charge in [-0.15, -0.1) is 0 Å². The van der Waals surface area contributed by atoms with Crippen LogP contribution in [0.25, 0.3) is 6.08 Å². The first-order valence-corrected chi connectivity index (χ1v) is 5.61. The molecule has 0 saturated carbocycles. The van der Waals surface area contributed by atoms with E-state index in [0.29, 0.717) is 6.61 Å². The average Bonchev–Trinajstić information content (AvgIpc) is 2.29. The third kappa shape index (κ3) is 2.62. The van der Waals surface area contributed by atoms with Gasteiger partial charge in [-0.3, -0.25) is 0 Å². The Morgan fingerprint density at radius 3 is 3.07 bits per heavy atom. The van der Waals surface area contributed by atoms with Gasteiger partial charge in [-0.2, -0.15) is 0 Å². The van der Waals surface area contributed by atoms with Gasteiger partial charge in [0, 0.05) is 5.56 Å². The van der Waals surface area contributed by atoms with Crippen molar-refractivity contribution < 1.29 is 4.74 Å². The maximum atomic E-state index is 5.51. The highest BCUT2D eigenvalue weighted by molar-refractivity contribution is 5.60. The van der Waals surface area contributed by atoms with Crippen molar-refractivity contribution in [1.29, 1.82) is 0 Å². The van der Waals surface area contributed by atoms with E-state index in [1.807, 2.05) is 0 Å². The third-order valence-corrected chi connectivity index (χ3v) is 2.67. The van der Waals surface area contributed by atoms with Crippen molar-refractivity contribution in [2.24, 2.45) is 0 Å². The van der Waals surface area contributed by atoms with Crippen LogP contribution in [-0.4, -0.2) is 6.61 Å². The van der Waals surface area contributed by atoms with Crippen LogP contribution in [0.15, 0.2) is 24.3 Å². The summed E-state index contributed by atoms with van der Waals surface area (Å²) in [5.74, 6) is 1.01. The highest BCUT2D eigenvalue weighted by atomic mass is 16.5. The summed E-state index contributed by atoms with van der Waals surface area (Å²) < 4.78 is 5.51. The first-order valence-electron chi connectivity index (χ1n) is 5.61. The molecule has 0 spiro atoms. The minimum absolute atomic E-state index is 0.702. The second kappa shape index (κ2) is 5.01. The zero-order valence-electron chi connectivity index (χ0n) is 9.04. The predicted molar refractivity (Wildman–Crippen MR) is 63.9 cm³/mol. The van der Waals surface area contributed by atoms with Crippen molar-refractivity contribution >= 4 is 6.08 Å². The summed E-state index contributed by atoms with van der Waals surface area (Å²) in [5.41, 5.74) is 2.62. The molecule has 2 rings (SSSR count). The second-order valence-corrected chi connectivity index (χ2v) is 3.90. The van der Waals surface area contributed by atoms with Gasteiger partial charge in [0.1, 0.15) is 12.4 Å². The molecule has 0 amide bonds. The van der Waals surface area contributed by atoms with Crippen molar-refractivity contribution in [3.05, 3.63) is 42.3 Å². The van der Waals surface area contributed by atoms with Crippen molar-refractivity contribution in [2.45, 2.75) is 25.7 Å². The van der Waals surface area contributed by atoms with Crippen molar-refractivity contribution in [3.63, 3.8) is 0 Å². The SMILES string of the molecule is [CH2]CCCCc1ccc2c(c1)C=CCO2. The number of benzene rings is 1. The molecule has 0 fully saturated rings. The number of ether oxygens (including phenoxy) is 1. The highest BCUT2D eigenvalue weighted by Crippen LogP contribution is 2.25. The molecule has 1 heterocycles. The Kier molecular flexibility index (Phi) is 3.44. The van der Waals surface area contributed by atoms with Crippen LogP contribution in [0.5, 0.6) is 5.75 Å².